The molecule has 9 heteroatoms. The molecule has 6 nitrogen and oxygen atoms in total. The second-order valence-electron chi connectivity index (χ2n) is 8.65. The normalized spacial score (nSPS) is 13.7. The molecule has 0 saturated carbocycles. The van der Waals surface area contributed by atoms with Gasteiger partial charge in [0.2, 0.25) is 11.8 Å². The van der Waals surface area contributed by atoms with Crippen molar-refractivity contribution in [1.82, 2.24) is 14.7 Å². The Morgan fingerprint density at radius 1 is 1.09 bits per heavy atom. The van der Waals surface area contributed by atoms with E-state index in [4.69, 9.17) is 0 Å². The van der Waals surface area contributed by atoms with Gasteiger partial charge in [-0.05, 0) is 49.8 Å². The fourth-order valence-electron chi connectivity index (χ4n) is 4.04. The highest BCUT2D eigenvalue weighted by Crippen LogP contribution is 2.32. The number of carbonyl (C=O) groups excluding carboxylic acids is 2. The molecule has 1 N–H and O–H groups in total. The highest BCUT2D eigenvalue weighted by Gasteiger charge is 2.33. The number of likely N-dealkylation sites (N-methyl/N-ethyl adjacent to an activating group) is 2. The zero-order valence-electron chi connectivity index (χ0n) is 19.8. The zero-order chi connectivity index (χ0) is 24.9. The number of nitrogens with one attached hydrogen (secondary N) is 1. The summed E-state index contributed by atoms with van der Waals surface area (Å²) in [6, 6.07) is 11.0. The molecule has 0 unspecified atom stereocenters. The average molecular weight is 477 g/mol. The maximum Gasteiger partial charge on any atom is 0.416 e. The molecular formula is C25H31F3N4O2. The van der Waals surface area contributed by atoms with Gasteiger partial charge in [0.25, 0.3) is 0 Å². The summed E-state index contributed by atoms with van der Waals surface area (Å²) in [5.41, 5.74) is 1.93. The third-order valence-electron chi connectivity index (χ3n) is 5.98. The van der Waals surface area contributed by atoms with Gasteiger partial charge in [0.1, 0.15) is 0 Å². The standard InChI is InChI=1S/C25H31F3N4O2/c1-4-31-16-18-9-7-11-22(20(18)14-23(31)33)29-15-24(34)32(13-12-30(2)3)17-19-8-5-6-10-21(19)25(26,27)28/h5-11,29H,4,12-17H2,1-3H3. The summed E-state index contributed by atoms with van der Waals surface area (Å²) in [6.07, 6.45) is -4.24. The van der Waals surface area contributed by atoms with Crippen LogP contribution in [0.3, 0.4) is 0 Å². The highest BCUT2D eigenvalue weighted by atomic mass is 19.4. The van der Waals surface area contributed by atoms with E-state index in [-0.39, 0.29) is 43.4 Å². The van der Waals surface area contributed by atoms with Crippen molar-refractivity contribution in [1.29, 1.82) is 0 Å². The summed E-state index contributed by atoms with van der Waals surface area (Å²) in [7, 11) is 3.69. The van der Waals surface area contributed by atoms with E-state index >= 15 is 0 Å². The number of hydrogen-bond donors (Lipinski definition) is 1. The molecule has 0 aromatic heterocycles. The molecule has 0 atom stereocenters. The van der Waals surface area contributed by atoms with Gasteiger partial charge < -0.3 is 20.0 Å². The van der Waals surface area contributed by atoms with Crippen LogP contribution in [0.4, 0.5) is 18.9 Å². The minimum absolute atomic E-state index is 0.0342. The summed E-state index contributed by atoms with van der Waals surface area (Å²) in [5.74, 6) is -0.277. The van der Waals surface area contributed by atoms with Crippen molar-refractivity contribution >= 4 is 17.5 Å². The number of fused-ring (bicyclic) bond motifs is 1. The number of hydrogen-bond acceptors (Lipinski definition) is 4. The molecule has 2 amide bonds. The van der Waals surface area contributed by atoms with Crippen LogP contribution >= 0.6 is 0 Å². The first kappa shape index (κ1) is 25.6. The number of anilines is 1. The lowest BCUT2D eigenvalue weighted by molar-refractivity contribution is -0.139. The van der Waals surface area contributed by atoms with Crippen molar-refractivity contribution in [3.8, 4) is 0 Å². The second-order valence-corrected chi connectivity index (χ2v) is 8.65. The van der Waals surface area contributed by atoms with Gasteiger partial charge in [-0.25, -0.2) is 0 Å². The number of amides is 2. The zero-order valence-corrected chi connectivity index (χ0v) is 19.8. The molecule has 0 aliphatic carbocycles. The highest BCUT2D eigenvalue weighted by molar-refractivity contribution is 5.85. The minimum atomic E-state index is -4.49. The van der Waals surface area contributed by atoms with Crippen LogP contribution in [-0.2, 0) is 35.3 Å². The molecule has 2 aromatic carbocycles. The smallest absolute Gasteiger partial charge is 0.376 e. The van der Waals surface area contributed by atoms with Gasteiger partial charge in [-0.3, -0.25) is 9.59 Å². The van der Waals surface area contributed by atoms with Gasteiger partial charge >= 0.3 is 6.18 Å². The molecule has 0 fully saturated rings. The van der Waals surface area contributed by atoms with Crippen LogP contribution < -0.4 is 5.32 Å². The number of nitrogens with zero attached hydrogens (tertiary/aromatic N) is 3. The topological polar surface area (TPSA) is 55.9 Å². The lowest BCUT2D eigenvalue weighted by atomic mass is 9.97. The van der Waals surface area contributed by atoms with Crippen LogP contribution in [0.2, 0.25) is 0 Å². The summed E-state index contributed by atoms with van der Waals surface area (Å²) < 4.78 is 40.4. The van der Waals surface area contributed by atoms with Gasteiger partial charge in [-0.2, -0.15) is 13.2 Å². The van der Waals surface area contributed by atoms with E-state index in [0.717, 1.165) is 17.2 Å². The number of carbonyl (C=O) groups is 2. The van der Waals surface area contributed by atoms with Crippen molar-refractivity contribution in [3.63, 3.8) is 0 Å². The third-order valence-corrected chi connectivity index (χ3v) is 5.98. The van der Waals surface area contributed by atoms with E-state index in [1.165, 1.54) is 17.0 Å². The molecule has 0 radical (unpaired) electrons. The second kappa shape index (κ2) is 10.9. The molecule has 1 aliphatic rings. The molecule has 2 aromatic rings. The Bertz CT molecular complexity index is 1020. The Labute approximate surface area is 198 Å². The van der Waals surface area contributed by atoms with Crippen LogP contribution in [0.15, 0.2) is 42.5 Å². The van der Waals surface area contributed by atoms with E-state index < -0.39 is 11.7 Å². The maximum atomic E-state index is 13.5. The number of alkyl halides is 3. The monoisotopic (exact) mass is 476 g/mol. The van der Waals surface area contributed by atoms with E-state index in [2.05, 4.69) is 5.32 Å². The van der Waals surface area contributed by atoms with Gasteiger partial charge in [-0.15, -0.1) is 0 Å². The predicted molar refractivity (Wildman–Crippen MR) is 125 cm³/mol. The van der Waals surface area contributed by atoms with E-state index in [1.807, 2.05) is 44.1 Å². The van der Waals surface area contributed by atoms with E-state index in [1.54, 1.807) is 11.0 Å². The van der Waals surface area contributed by atoms with Crippen LogP contribution in [0.25, 0.3) is 0 Å². The lowest BCUT2D eigenvalue weighted by Crippen LogP contribution is -2.40. The molecular weight excluding hydrogens is 445 g/mol. The van der Waals surface area contributed by atoms with Crippen molar-refractivity contribution in [2.24, 2.45) is 0 Å². The molecule has 34 heavy (non-hydrogen) atoms. The molecule has 0 spiro atoms. The Hall–Kier alpha value is -3.07. The number of halogens is 3. The Morgan fingerprint density at radius 2 is 1.82 bits per heavy atom. The first-order valence-corrected chi connectivity index (χ1v) is 11.3. The van der Waals surface area contributed by atoms with Crippen LogP contribution in [0, 0.1) is 0 Å². The predicted octanol–water partition coefficient (Wildman–Crippen LogP) is 3.61. The molecule has 1 heterocycles. The molecule has 184 valence electrons. The summed E-state index contributed by atoms with van der Waals surface area (Å²) in [4.78, 5) is 30.6. The third kappa shape index (κ3) is 6.28. The Morgan fingerprint density at radius 3 is 2.50 bits per heavy atom. The largest absolute Gasteiger partial charge is 0.416 e. The Balaban J connectivity index is 1.76. The molecule has 3 rings (SSSR count). The SMILES string of the molecule is CCN1Cc2cccc(NCC(=O)N(CCN(C)C)Cc3ccccc3C(F)(F)F)c2CC1=O. The van der Waals surface area contributed by atoms with Crippen LogP contribution in [0.5, 0.6) is 0 Å². The first-order valence-electron chi connectivity index (χ1n) is 11.3. The summed E-state index contributed by atoms with van der Waals surface area (Å²) in [6.45, 7) is 3.68. The van der Waals surface area contributed by atoms with Crippen LogP contribution in [-0.4, -0.2) is 66.8 Å². The average Bonchev–Trinajstić information content (AvgIpc) is 2.79. The van der Waals surface area contributed by atoms with Crippen molar-refractivity contribution in [2.45, 2.75) is 32.6 Å². The summed E-state index contributed by atoms with van der Waals surface area (Å²) >= 11 is 0. The van der Waals surface area contributed by atoms with Gasteiger partial charge in [0.05, 0.1) is 18.5 Å². The fraction of sp³-hybridized carbons (Fsp3) is 0.440. The van der Waals surface area contributed by atoms with Gasteiger partial charge in [0, 0.05) is 38.4 Å². The van der Waals surface area contributed by atoms with Crippen molar-refractivity contribution in [2.75, 3.05) is 45.6 Å². The van der Waals surface area contributed by atoms with Gasteiger partial charge in [0.15, 0.2) is 0 Å². The molecule has 0 bridgehead atoms. The maximum absolute atomic E-state index is 13.5. The van der Waals surface area contributed by atoms with Crippen LogP contribution in [0.1, 0.15) is 29.2 Å². The Kier molecular flexibility index (Phi) is 8.19. The number of benzene rings is 2. The quantitative estimate of drug-likeness (QED) is 0.601. The van der Waals surface area contributed by atoms with E-state index in [0.29, 0.717) is 25.3 Å². The molecule has 1 aliphatic heterocycles. The summed E-state index contributed by atoms with van der Waals surface area (Å²) in [5, 5.41) is 3.13. The first-order chi connectivity index (χ1) is 16.1. The number of rotatable bonds is 9. The minimum Gasteiger partial charge on any atom is -0.376 e. The fourth-order valence-corrected chi connectivity index (χ4v) is 4.04. The lowest BCUT2D eigenvalue weighted by Gasteiger charge is -2.30. The van der Waals surface area contributed by atoms with Crippen molar-refractivity contribution in [3.05, 3.63) is 64.7 Å². The van der Waals surface area contributed by atoms with E-state index in [9.17, 15) is 22.8 Å². The molecule has 0 saturated heterocycles. The van der Waals surface area contributed by atoms with Gasteiger partial charge in [-0.1, -0.05) is 30.3 Å². The van der Waals surface area contributed by atoms with Crippen molar-refractivity contribution < 1.29 is 22.8 Å².